The first-order chi connectivity index (χ1) is 14.1. The van der Waals surface area contributed by atoms with Gasteiger partial charge in [0.05, 0.1) is 5.69 Å². The number of ketones is 1. The van der Waals surface area contributed by atoms with Crippen molar-refractivity contribution in [1.82, 2.24) is 10.3 Å². The second-order valence-electron chi connectivity index (χ2n) is 8.55. The van der Waals surface area contributed by atoms with E-state index in [1.54, 1.807) is 6.20 Å². The topological polar surface area (TPSA) is 80.3 Å². The zero-order valence-electron chi connectivity index (χ0n) is 18.8. The lowest BCUT2D eigenvalue weighted by Gasteiger charge is -2.20. The van der Waals surface area contributed by atoms with Crippen LogP contribution in [0.25, 0.3) is 11.1 Å². The van der Waals surface area contributed by atoms with Crippen LogP contribution in [0.3, 0.4) is 0 Å². The number of nitrogens with zero attached hydrogens (tertiary/aromatic N) is 1. The number of hydrogen-bond donors (Lipinski definition) is 2. The van der Waals surface area contributed by atoms with Crippen molar-refractivity contribution in [2.45, 2.75) is 53.6 Å². The first kappa shape index (κ1) is 23.4. The number of anilines is 1. The Bertz CT molecular complexity index is 886. The third kappa shape index (κ3) is 6.87. The molecule has 2 aromatic rings. The van der Waals surface area contributed by atoms with Crippen LogP contribution in [0.15, 0.2) is 36.5 Å². The van der Waals surface area contributed by atoms with E-state index in [0.29, 0.717) is 24.5 Å². The number of carbonyl (C=O) groups excluding carboxylic acids is 2. The minimum Gasteiger partial charge on any atom is -0.444 e. The SMILES string of the molecule is CCc1cccc(-c2cnc(C(=O)C(C)C)c(NCCNC(=O)OC(C)(C)C)c2)c1. The molecule has 0 spiro atoms. The molecule has 0 radical (unpaired) electrons. The van der Waals surface area contributed by atoms with E-state index >= 15 is 0 Å². The van der Waals surface area contributed by atoms with Gasteiger partial charge in [-0.3, -0.25) is 9.78 Å². The first-order valence-electron chi connectivity index (χ1n) is 10.4. The van der Waals surface area contributed by atoms with Gasteiger partial charge in [0.1, 0.15) is 11.3 Å². The molecular formula is C24H33N3O3. The largest absolute Gasteiger partial charge is 0.444 e. The van der Waals surface area contributed by atoms with Gasteiger partial charge in [0.2, 0.25) is 0 Å². The molecule has 0 saturated heterocycles. The molecule has 0 fully saturated rings. The van der Waals surface area contributed by atoms with Gasteiger partial charge < -0.3 is 15.4 Å². The summed E-state index contributed by atoms with van der Waals surface area (Å²) in [6.07, 6.45) is 2.23. The van der Waals surface area contributed by atoms with Crippen molar-refractivity contribution in [3.63, 3.8) is 0 Å². The Morgan fingerprint density at radius 3 is 2.47 bits per heavy atom. The lowest BCUT2D eigenvalue weighted by Crippen LogP contribution is -2.35. The summed E-state index contributed by atoms with van der Waals surface area (Å²) in [5.74, 6) is -0.182. The lowest BCUT2D eigenvalue weighted by atomic mass is 10.00. The zero-order valence-corrected chi connectivity index (χ0v) is 18.8. The number of Topliss-reactive ketones (excluding diaryl/α,β-unsaturated/α-hetero) is 1. The molecule has 2 rings (SSSR count). The maximum absolute atomic E-state index is 12.6. The van der Waals surface area contributed by atoms with Crippen molar-refractivity contribution in [3.8, 4) is 11.1 Å². The summed E-state index contributed by atoms with van der Waals surface area (Å²) >= 11 is 0. The molecule has 30 heavy (non-hydrogen) atoms. The van der Waals surface area contributed by atoms with Gasteiger partial charge in [0.15, 0.2) is 5.78 Å². The number of amides is 1. The number of nitrogens with one attached hydrogen (secondary N) is 2. The van der Waals surface area contributed by atoms with Gasteiger partial charge in [-0.05, 0) is 44.4 Å². The van der Waals surface area contributed by atoms with Crippen LogP contribution in [0, 0.1) is 5.92 Å². The highest BCUT2D eigenvalue weighted by atomic mass is 16.6. The molecular weight excluding hydrogens is 378 g/mol. The molecule has 0 aliphatic heterocycles. The van der Waals surface area contributed by atoms with Crippen LogP contribution in [0.4, 0.5) is 10.5 Å². The molecule has 0 aliphatic carbocycles. The molecule has 2 N–H and O–H groups in total. The average Bonchev–Trinajstić information content (AvgIpc) is 2.69. The highest BCUT2D eigenvalue weighted by molar-refractivity contribution is 6.01. The number of carbonyl (C=O) groups is 2. The Kier molecular flexibility index (Phi) is 7.98. The minimum atomic E-state index is -0.542. The van der Waals surface area contributed by atoms with Crippen molar-refractivity contribution in [2.24, 2.45) is 5.92 Å². The van der Waals surface area contributed by atoms with Crippen molar-refractivity contribution < 1.29 is 14.3 Å². The zero-order chi connectivity index (χ0) is 22.3. The Labute approximate surface area is 179 Å². The molecule has 1 aromatic heterocycles. The maximum Gasteiger partial charge on any atom is 0.407 e. The predicted octanol–water partition coefficient (Wildman–Crippen LogP) is 5.09. The lowest BCUT2D eigenvalue weighted by molar-refractivity contribution is 0.0530. The summed E-state index contributed by atoms with van der Waals surface area (Å²) in [5.41, 5.74) is 3.77. The normalized spacial score (nSPS) is 11.3. The van der Waals surface area contributed by atoms with E-state index in [4.69, 9.17) is 4.74 Å². The quantitative estimate of drug-likeness (QED) is 0.467. The number of aromatic nitrogens is 1. The number of rotatable bonds is 8. The number of hydrogen-bond acceptors (Lipinski definition) is 5. The number of benzene rings is 1. The van der Waals surface area contributed by atoms with Gasteiger partial charge >= 0.3 is 6.09 Å². The highest BCUT2D eigenvalue weighted by Gasteiger charge is 2.18. The van der Waals surface area contributed by atoms with Crippen molar-refractivity contribution in [1.29, 1.82) is 0 Å². The third-order valence-corrected chi connectivity index (χ3v) is 4.42. The van der Waals surface area contributed by atoms with Gasteiger partial charge in [-0.15, -0.1) is 0 Å². The molecule has 1 heterocycles. The van der Waals surface area contributed by atoms with Gasteiger partial charge in [0.25, 0.3) is 0 Å². The Balaban J connectivity index is 2.17. The van der Waals surface area contributed by atoms with E-state index in [1.807, 2.05) is 52.8 Å². The van der Waals surface area contributed by atoms with E-state index < -0.39 is 11.7 Å². The molecule has 0 bridgehead atoms. The number of alkyl carbamates (subject to hydrolysis) is 1. The van der Waals surface area contributed by atoms with E-state index in [9.17, 15) is 9.59 Å². The standard InChI is InChI=1S/C24H33N3O3/c1-7-17-9-8-10-18(13-17)19-14-20(21(27-15-19)22(28)16(2)3)25-11-12-26-23(29)30-24(4,5)6/h8-10,13-16,25H,7,11-12H2,1-6H3,(H,26,29). The van der Waals surface area contributed by atoms with Gasteiger partial charge in [-0.25, -0.2) is 4.79 Å². The fourth-order valence-electron chi connectivity index (χ4n) is 2.87. The van der Waals surface area contributed by atoms with Crippen LogP contribution >= 0.6 is 0 Å². The van der Waals surface area contributed by atoms with Crippen LogP contribution in [0.5, 0.6) is 0 Å². The molecule has 0 unspecified atom stereocenters. The van der Waals surface area contributed by atoms with Crippen LogP contribution in [0.2, 0.25) is 0 Å². The number of ether oxygens (including phenoxy) is 1. The second-order valence-corrected chi connectivity index (χ2v) is 8.55. The molecule has 1 aromatic carbocycles. The van der Waals surface area contributed by atoms with Crippen LogP contribution in [-0.4, -0.2) is 35.6 Å². The third-order valence-electron chi connectivity index (χ3n) is 4.42. The fraction of sp³-hybridized carbons (Fsp3) is 0.458. The second kappa shape index (κ2) is 10.2. The van der Waals surface area contributed by atoms with E-state index in [-0.39, 0.29) is 11.7 Å². The van der Waals surface area contributed by atoms with Crippen molar-refractivity contribution in [2.75, 3.05) is 18.4 Å². The summed E-state index contributed by atoms with van der Waals surface area (Å²) in [4.78, 5) is 28.9. The fourth-order valence-corrected chi connectivity index (χ4v) is 2.87. The van der Waals surface area contributed by atoms with Gasteiger partial charge in [-0.2, -0.15) is 0 Å². The molecule has 0 aliphatic rings. The summed E-state index contributed by atoms with van der Waals surface area (Å²) in [7, 11) is 0. The molecule has 0 atom stereocenters. The van der Waals surface area contributed by atoms with Crippen LogP contribution < -0.4 is 10.6 Å². The maximum atomic E-state index is 12.6. The molecule has 162 valence electrons. The van der Waals surface area contributed by atoms with E-state index in [0.717, 1.165) is 17.5 Å². The average molecular weight is 412 g/mol. The Hall–Kier alpha value is -2.89. The summed E-state index contributed by atoms with van der Waals surface area (Å²) in [5, 5.41) is 5.97. The van der Waals surface area contributed by atoms with Crippen molar-refractivity contribution in [3.05, 3.63) is 47.8 Å². The molecule has 0 saturated carbocycles. The van der Waals surface area contributed by atoms with Gasteiger partial charge in [0, 0.05) is 30.8 Å². The molecule has 6 heteroatoms. The number of pyridine rings is 1. The number of aryl methyl sites for hydroxylation is 1. The highest BCUT2D eigenvalue weighted by Crippen LogP contribution is 2.26. The Morgan fingerprint density at radius 2 is 1.83 bits per heavy atom. The summed E-state index contributed by atoms with van der Waals surface area (Å²) in [6.45, 7) is 12.1. The minimum absolute atomic E-state index is 0.0218. The van der Waals surface area contributed by atoms with Crippen molar-refractivity contribution >= 4 is 17.6 Å². The van der Waals surface area contributed by atoms with Gasteiger partial charge in [-0.1, -0.05) is 45.0 Å². The summed E-state index contributed by atoms with van der Waals surface area (Å²) in [6, 6.07) is 10.2. The van der Waals surface area contributed by atoms with Crippen LogP contribution in [0.1, 0.15) is 57.6 Å². The predicted molar refractivity (Wildman–Crippen MR) is 121 cm³/mol. The summed E-state index contributed by atoms with van der Waals surface area (Å²) < 4.78 is 5.24. The smallest absolute Gasteiger partial charge is 0.407 e. The Morgan fingerprint density at radius 1 is 1.10 bits per heavy atom. The first-order valence-corrected chi connectivity index (χ1v) is 10.4. The molecule has 6 nitrogen and oxygen atoms in total. The van der Waals surface area contributed by atoms with E-state index in [2.05, 4.69) is 34.7 Å². The molecule has 1 amide bonds. The van der Waals surface area contributed by atoms with Crippen LogP contribution in [-0.2, 0) is 11.2 Å². The monoisotopic (exact) mass is 411 g/mol. The van der Waals surface area contributed by atoms with E-state index in [1.165, 1.54) is 5.56 Å².